The van der Waals surface area contributed by atoms with Crippen LogP contribution in [0.5, 0.6) is 5.88 Å². The number of esters is 1. The summed E-state index contributed by atoms with van der Waals surface area (Å²) in [5.74, 6) is 0.194. The number of aromatic nitrogens is 3. The second-order valence-corrected chi connectivity index (χ2v) is 5.54. The Morgan fingerprint density at radius 2 is 2.04 bits per heavy atom. The molecule has 2 N–H and O–H groups in total. The lowest BCUT2D eigenvalue weighted by Gasteiger charge is -2.11. The van der Waals surface area contributed by atoms with Crippen LogP contribution in [0.1, 0.15) is 41.3 Å². The Bertz CT molecular complexity index is 857. The predicted octanol–water partition coefficient (Wildman–Crippen LogP) is 2.57. The molecule has 0 aliphatic carbocycles. The molecule has 7 heteroatoms. The fourth-order valence-corrected chi connectivity index (χ4v) is 2.26. The van der Waals surface area contributed by atoms with Gasteiger partial charge in [0.1, 0.15) is 11.4 Å². The molecule has 0 amide bonds. The van der Waals surface area contributed by atoms with E-state index in [9.17, 15) is 9.59 Å². The number of rotatable bonds is 6. The van der Waals surface area contributed by atoms with Crippen molar-refractivity contribution >= 4 is 18.1 Å². The van der Waals surface area contributed by atoms with E-state index in [1.54, 1.807) is 24.5 Å². The van der Waals surface area contributed by atoms with Gasteiger partial charge in [-0.05, 0) is 32.4 Å². The summed E-state index contributed by atoms with van der Waals surface area (Å²) >= 11 is 0. The maximum Gasteiger partial charge on any atom is 0.344 e. The van der Waals surface area contributed by atoms with Crippen molar-refractivity contribution in [1.29, 1.82) is 0 Å². The van der Waals surface area contributed by atoms with E-state index in [0.29, 0.717) is 29.4 Å². The number of pyridine rings is 1. The highest BCUT2D eigenvalue weighted by Crippen LogP contribution is 2.19. The average Bonchev–Trinajstić information content (AvgIpc) is 3.11. The second kappa shape index (κ2) is 8.14. The van der Waals surface area contributed by atoms with Crippen molar-refractivity contribution < 1.29 is 14.3 Å². The molecule has 2 aromatic rings. The van der Waals surface area contributed by atoms with Crippen molar-refractivity contribution in [1.82, 2.24) is 15.0 Å². The molecule has 0 saturated heterocycles. The van der Waals surface area contributed by atoms with E-state index in [0.717, 1.165) is 5.57 Å². The Hall–Kier alpha value is -3.09. The Balaban J connectivity index is 2.62. The van der Waals surface area contributed by atoms with Crippen molar-refractivity contribution in [3.05, 3.63) is 56.9 Å². The van der Waals surface area contributed by atoms with Crippen LogP contribution in [0.25, 0.3) is 12.2 Å². The van der Waals surface area contributed by atoms with Gasteiger partial charge in [-0.2, -0.15) is 0 Å². The molecule has 25 heavy (non-hydrogen) atoms. The van der Waals surface area contributed by atoms with Crippen LogP contribution in [0.4, 0.5) is 0 Å². The van der Waals surface area contributed by atoms with Crippen LogP contribution in [-0.4, -0.2) is 35.1 Å². The van der Waals surface area contributed by atoms with Crippen LogP contribution in [0, 0.1) is 0 Å². The monoisotopic (exact) mass is 343 g/mol. The highest BCUT2D eigenvalue weighted by molar-refractivity contribution is 5.94. The van der Waals surface area contributed by atoms with Gasteiger partial charge in [-0.15, -0.1) is 0 Å². The van der Waals surface area contributed by atoms with E-state index in [4.69, 9.17) is 9.47 Å². The molecule has 0 aromatic carbocycles. The van der Waals surface area contributed by atoms with Gasteiger partial charge in [-0.3, -0.25) is 4.79 Å². The summed E-state index contributed by atoms with van der Waals surface area (Å²) in [4.78, 5) is 35.0. The number of hydrogen-bond acceptors (Lipinski definition) is 5. The van der Waals surface area contributed by atoms with Crippen LogP contribution in [0.2, 0.25) is 0 Å². The lowest BCUT2D eigenvalue weighted by Crippen LogP contribution is -2.23. The molecule has 2 aromatic heterocycles. The molecule has 132 valence electrons. The maximum absolute atomic E-state index is 12.9. The van der Waals surface area contributed by atoms with Gasteiger partial charge in [-0.1, -0.05) is 11.6 Å². The molecule has 2 rings (SSSR count). The summed E-state index contributed by atoms with van der Waals surface area (Å²) in [6.07, 6.45) is 8.76. The van der Waals surface area contributed by atoms with E-state index in [1.807, 2.05) is 19.9 Å². The first-order valence-electron chi connectivity index (χ1n) is 7.70. The number of H-pyrrole nitrogens is 2. The minimum Gasteiger partial charge on any atom is -0.482 e. The van der Waals surface area contributed by atoms with Crippen LogP contribution >= 0.6 is 0 Å². The lowest BCUT2D eigenvalue weighted by atomic mass is 10.0. The number of carbonyl (C=O) groups is 1. The highest BCUT2D eigenvalue weighted by Gasteiger charge is 2.21. The van der Waals surface area contributed by atoms with Crippen molar-refractivity contribution in [2.75, 3.05) is 14.2 Å². The SMILES string of the molecule is COC(=O)c1c(/C=C/c2ncc[nH]2)[nH]c(OC)c(CC=C(C)C)c1=O. The zero-order valence-electron chi connectivity index (χ0n) is 14.7. The molecule has 7 nitrogen and oxygen atoms in total. The fraction of sp³-hybridized carbons (Fsp3) is 0.278. The van der Waals surface area contributed by atoms with Gasteiger partial charge in [0.2, 0.25) is 5.43 Å². The number of hydrogen-bond donors (Lipinski definition) is 2. The third kappa shape index (κ3) is 4.26. The molecular formula is C18H21N3O4. The third-order valence-electron chi connectivity index (χ3n) is 3.53. The standard InChI is InChI=1S/C18H21N3O4/c1-11(2)5-6-12-16(22)15(18(23)25-4)13(21-17(12)24-3)7-8-14-19-9-10-20-14/h5,7-10H,6H2,1-4H3,(H,19,20)(H,21,22)/b8-7+. The summed E-state index contributed by atoms with van der Waals surface area (Å²) in [6.45, 7) is 3.87. The van der Waals surface area contributed by atoms with E-state index >= 15 is 0 Å². The zero-order valence-corrected chi connectivity index (χ0v) is 14.7. The molecule has 0 aliphatic heterocycles. The number of aromatic amines is 2. The van der Waals surface area contributed by atoms with E-state index in [2.05, 4.69) is 15.0 Å². The Labute approximate surface area is 145 Å². The van der Waals surface area contributed by atoms with Gasteiger partial charge in [0.05, 0.1) is 25.5 Å². The van der Waals surface area contributed by atoms with Crippen LogP contribution in [0.3, 0.4) is 0 Å². The van der Waals surface area contributed by atoms with Gasteiger partial charge < -0.3 is 19.4 Å². The molecule has 0 radical (unpaired) electrons. The van der Waals surface area contributed by atoms with Gasteiger partial charge in [0, 0.05) is 12.4 Å². The first-order chi connectivity index (χ1) is 12.0. The number of ether oxygens (including phenoxy) is 2. The Morgan fingerprint density at radius 1 is 1.28 bits per heavy atom. The number of methoxy groups -OCH3 is 2. The molecule has 0 unspecified atom stereocenters. The summed E-state index contributed by atoms with van der Waals surface area (Å²) in [5.41, 5.74) is 1.25. The summed E-state index contributed by atoms with van der Waals surface area (Å²) in [7, 11) is 2.71. The lowest BCUT2D eigenvalue weighted by molar-refractivity contribution is 0.0598. The van der Waals surface area contributed by atoms with E-state index < -0.39 is 11.4 Å². The molecule has 0 spiro atoms. The predicted molar refractivity (Wildman–Crippen MR) is 95.6 cm³/mol. The largest absolute Gasteiger partial charge is 0.482 e. The van der Waals surface area contributed by atoms with E-state index in [-0.39, 0.29) is 5.56 Å². The fourth-order valence-electron chi connectivity index (χ4n) is 2.26. The smallest absolute Gasteiger partial charge is 0.344 e. The molecule has 0 atom stereocenters. The van der Waals surface area contributed by atoms with Crippen molar-refractivity contribution in [3.63, 3.8) is 0 Å². The number of carbonyl (C=O) groups excluding carboxylic acids is 1. The van der Waals surface area contributed by atoms with Crippen LogP contribution in [-0.2, 0) is 11.2 Å². The number of nitrogens with one attached hydrogen (secondary N) is 2. The van der Waals surface area contributed by atoms with Crippen LogP contribution in [0.15, 0.2) is 28.8 Å². The number of allylic oxidation sites excluding steroid dienone is 2. The second-order valence-electron chi connectivity index (χ2n) is 5.54. The molecule has 0 aliphatic rings. The van der Waals surface area contributed by atoms with Gasteiger partial charge in [-0.25, -0.2) is 9.78 Å². The van der Waals surface area contributed by atoms with Gasteiger partial charge in [0.25, 0.3) is 0 Å². The highest BCUT2D eigenvalue weighted by atomic mass is 16.5. The minimum absolute atomic E-state index is 0.0664. The average molecular weight is 343 g/mol. The van der Waals surface area contributed by atoms with Crippen molar-refractivity contribution in [2.24, 2.45) is 0 Å². The zero-order chi connectivity index (χ0) is 18.4. The first kappa shape index (κ1) is 18.3. The molecular weight excluding hydrogens is 322 g/mol. The topological polar surface area (TPSA) is 97.1 Å². The van der Waals surface area contributed by atoms with Crippen molar-refractivity contribution in [2.45, 2.75) is 20.3 Å². The first-order valence-corrected chi connectivity index (χ1v) is 7.70. The van der Waals surface area contributed by atoms with Gasteiger partial charge in [0.15, 0.2) is 5.88 Å². The summed E-state index contributed by atoms with van der Waals surface area (Å²) in [6, 6.07) is 0. The van der Waals surface area contributed by atoms with Crippen molar-refractivity contribution in [3.8, 4) is 5.88 Å². The number of nitrogens with zero attached hydrogens (tertiary/aromatic N) is 1. The normalized spacial score (nSPS) is 10.7. The molecule has 0 bridgehead atoms. The third-order valence-corrected chi connectivity index (χ3v) is 3.53. The maximum atomic E-state index is 12.9. The number of imidazole rings is 1. The summed E-state index contributed by atoms with van der Waals surface area (Å²) < 4.78 is 10.1. The quantitative estimate of drug-likeness (QED) is 0.621. The summed E-state index contributed by atoms with van der Waals surface area (Å²) in [5, 5.41) is 0. The van der Waals surface area contributed by atoms with Crippen LogP contribution < -0.4 is 10.2 Å². The molecule has 0 fully saturated rings. The van der Waals surface area contributed by atoms with Gasteiger partial charge >= 0.3 is 5.97 Å². The minimum atomic E-state index is -0.707. The molecule has 2 heterocycles. The molecule has 0 saturated carbocycles. The Morgan fingerprint density at radius 3 is 2.60 bits per heavy atom. The van der Waals surface area contributed by atoms with E-state index in [1.165, 1.54) is 14.2 Å². The Kier molecular flexibility index (Phi) is 5.94.